The quantitative estimate of drug-likeness (QED) is 0.706. The van der Waals surface area contributed by atoms with Gasteiger partial charge in [-0.15, -0.1) is 0 Å². The van der Waals surface area contributed by atoms with Gasteiger partial charge < -0.3 is 5.32 Å². The summed E-state index contributed by atoms with van der Waals surface area (Å²) in [6, 6.07) is 0.806. The normalized spacial score (nSPS) is 22.5. The molecule has 0 aromatic heterocycles. The fourth-order valence-electron chi connectivity index (χ4n) is 2.08. The highest BCUT2D eigenvalue weighted by Gasteiger charge is 2.25. The molecule has 0 spiro atoms. The van der Waals surface area contributed by atoms with Crippen LogP contribution in [0.2, 0.25) is 0 Å². The summed E-state index contributed by atoms with van der Waals surface area (Å²) in [5.41, 5.74) is 0.607. The molecular weight excluding hydrogens is 190 g/mol. The summed E-state index contributed by atoms with van der Waals surface area (Å²) < 4.78 is 0. The molecule has 1 N–H and O–H groups in total. The van der Waals surface area contributed by atoms with E-state index in [1.165, 1.54) is 43.7 Å². The second kappa shape index (κ2) is 6.02. The monoisotopic (exact) mass is 215 g/mol. The molecule has 0 amide bonds. The van der Waals surface area contributed by atoms with Crippen LogP contribution in [0.5, 0.6) is 0 Å². The lowest BCUT2D eigenvalue weighted by molar-refractivity contribution is 0.208. The van der Waals surface area contributed by atoms with E-state index in [4.69, 9.17) is 0 Å². The van der Waals surface area contributed by atoms with Gasteiger partial charge in [0.25, 0.3) is 0 Å². The van der Waals surface area contributed by atoms with Gasteiger partial charge in [0, 0.05) is 18.3 Å². The number of thioether (sulfide) groups is 1. The minimum Gasteiger partial charge on any atom is -0.313 e. The van der Waals surface area contributed by atoms with Gasteiger partial charge in [0.05, 0.1) is 0 Å². The zero-order valence-corrected chi connectivity index (χ0v) is 10.8. The summed E-state index contributed by atoms with van der Waals surface area (Å²) in [5.74, 6) is 2.52. The van der Waals surface area contributed by atoms with Crippen molar-refractivity contribution in [3.63, 3.8) is 0 Å². The third kappa shape index (κ3) is 4.70. The van der Waals surface area contributed by atoms with Crippen LogP contribution in [0.25, 0.3) is 0 Å². The molecule has 1 saturated carbocycles. The van der Waals surface area contributed by atoms with Crippen LogP contribution in [0.1, 0.15) is 46.5 Å². The van der Waals surface area contributed by atoms with Crippen molar-refractivity contribution >= 4 is 11.8 Å². The summed E-state index contributed by atoms with van der Waals surface area (Å²) in [6.45, 7) is 8.23. The second-order valence-electron chi connectivity index (χ2n) is 5.09. The maximum Gasteiger partial charge on any atom is 0.00678 e. The first-order valence-electron chi connectivity index (χ1n) is 5.95. The number of hydrogen-bond acceptors (Lipinski definition) is 2. The van der Waals surface area contributed by atoms with Crippen molar-refractivity contribution < 1.29 is 0 Å². The highest BCUT2D eigenvalue weighted by Crippen LogP contribution is 2.34. The average Bonchev–Trinajstić information content (AvgIpc) is 2.15. The predicted octanol–water partition coefficient (Wildman–Crippen LogP) is 3.30. The molecule has 0 aromatic carbocycles. The van der Waals surface area contributed by atoms with E-state index in [0.29, 0.717) is 5.41 Å². The lowest BCUT2D eigenvalue weighted by Crippen LogP contribution is -2.36. The maximum atomic E-state index is 3.67. The lowest BCUT2D eigenvalue weighted by atomic mass is 9.75. The fourth-order valence-corrected chi connectivity index (χ4v) is 2.63. The van der Waals surface area contributed by atoms with Crippen molar-refractivity contribution in [1.29, 1.82) is 0 Å². The van der Waals surface area contributed by atoms with Gasteiger partial charge in [0.1, 0.15) is 0 Å². The van der Waals surface area contributed by atoms with Crippen molar-refractivity contribution in [3.8, 4) is 0 Å². The van der Waals surface area contributed by atoms with E-state index in [1.807, 2.05) is 11.8 Å². The minimum atomic E-state index is 0.607. The standard InChI is InChI=1S/C12H25NS/c1-4-14-10-9-13-11-5-7-12(2,3)8-6-11/h11,13H,4-10H2,1-3H3. The Morgan fingerprint density at radius 1 is 1.29 bits per heavy atom. The van der Waals surface area contributed by atoms with Gasteiger partial charge in [-0.1, -0.05) is 20.8 Å². The highest BCUT2D eigenvalue weighted by molar-refractivity contribution is 7.99. The van der Waals surface area contributed by atoms with Gasteiger partial charge in [0.2, 0.25) is 0 Å². The van der Waals surface area contributed by atoms with Crippen LogP contribution in [0, 0.1) is 5.41 Å². The Hall–Kier alpha value is 0.310. The molecule has 0 aromatic rings. The van der Waals surface area contributed by atoms with Gasteiger partial charge in [-0.3, -0.25) is 0 Å². The van der Waals surface area contributed by atoms with Gasteiger partial charge >= 0.3 is 0 Å². The molecule has 0 bridgehead atoms. The molecule has 1 nitrogen and oxygen atoms in total. The lowest BCUT2D eigenvalue weighted by Gasteiger charge is -2.34. The van der Waals surface area contributed by atoms with E-state index in [0.717, 1.165) is 6.04 Å². The summed E-state index contributed by atoms with van der Waals surface area (Å²) >= 11 is 2.03. The van der Waals surface area contributed by atoms with Gasteiger partial charge in [-0.2, -0.15) is 11.8 Å². The van der Waals surface area contributed by atoms with Gasteiger partial charge in [-0.05, 0) is 36.9 Å². The molecule has 1 rings (SSSR count). The molecule has 2 heteroatoms. The zero-order chi connectivity index (χ0) is 10.4. The predicted molar refractivity (Wildman–Crippen MR) is 67.0 cm³/mol. The molecule has 0 unspecified atom stereocenters. The van der Waals surface area contributed by atoms with Crippen molar-refractivity contribution in [3.05, 3.63) is 0 Å². The number of nitrogens with one attached hydrogen (secondary N) is 1. The molecule has 14 heavy (non-hydrogen) atoms. The maximum absolute atomic E-state index is 3.67. The van der Waals surface area contributed by atoms with Gasteiger partial charge in [-0.25, -0.2) is 0 Å². The first-order chi connectivity index (χ1) is 6.64. The van der Waals surface area contributed by atoms with E-state index in [2.05, 4.69) is 26.1 Å². The Bertz CT molecular complexity index is 146. The Morgan fingerprint density at radius 2 is 1.93 bits per heavy atom. The van der Waals surface area contributed by atoms with Crippen molar-refractivity contribution in [1.82, 2.24) is 5.32 Å². The van der Waals surface area contributed by atoms with Crippen molar-refractivity contribution in [2.45, 2.75) is 52.5 Å². The van der Waals surface area contributed by atoms with Crippen molar-refractivity contribution in [2.75, 3.05) is 18.1 Å². The smallest absolute Gasteiger partial charge is 0.00678 e. The molecule has 0 radical (unpaired) electrons. The SMILES string of the molecule is CCSCCNC1CCC(C)(C)CC1. The molecule has 0 atom stereocenters. The van der Waals surface area contributed by atoms with Crippen LogP contribution in [-0.4, -0.2) is 24.1 Å². The molecule has 84 valence electrons. The van der Waals surface area contributed by atoms with Crippen LogP contribution >= 0.6 is 11.8 Å². The van der Waals surface area contributed by atoms with Crippen LogP contribution in [-0.2, 0) is 0 Å². The summed E-state index contributed by atoms with van der Waals surface area (Å²) in [7, 11) is 0. The second-order valence-corrected chi connectivity index (χ2v) is 6.48. The minimum absolute atomic E-state index is 0.607. The molecule has 1 aliphatic carbocycles. The zero-order valence-electron chi connectivity index (χ0n) is 9.94. The van der Waals surface area contributed by atoms with Crippen molar-refractivity contribution in [2.24, 2.45) is 5.41 Å². The van der Waals surface area contributed by atoms with E-state index in [1.54, 1.807) is 0 Å². The van der Waals surface area contributed by atoms with E-state index in [-0.39, 0.29) is 0 Å². The van der Waals surface area contributed by atoms with Gasteiger partial charge in [0.15, 0.2) is 0 Å². The molecular formula is C12H25NS. The van der Waals surface area contributed by atoms with Crippen LogP contribution in [0.4, 0.5) is 0 Å². The fraction of sp³-hybridized carbons (Fsp3) is 1.00. The summed E-state index contributed by atoms with van der Waals surface area (Å²) in [6.07, 6.45) is 5.55. The van der Waals surface area contributed by atoms with Crippen LogP contribution < -0.4 is 5.32 Å². The van der Waals surface area contributed by atoms with Crippen LogP contribution in [0.15, 0.2) is 0 Å². The topological polar surface area (TPSA) is 12.0 Å². The first kappa shape index (κ1) is 12.4. The molecule has 0 saturated heterocycles. The number of rotatable bonds is 5. The third-order valence-electron chi connectivity index (χ3n) is 3.22. The molecule has 0 heterocycles. The van der Waals surface area contributed by atoms with E-state index >= 15 is 0 Å². The Kier molecular flexibility index (Phi) is 5.32. The largest absolute Gasteiger partial charge is 0.313 e. The molecule has 1 aliphatic rings. The highest BCUT2D eigenvalue weighted by atomic mass is 32.2. The van der Waals surface area contributed by atoms with Crippen LogP contribution in [0.3, 0.4) is 0 Å². The average molecular weight is 215 g/mol. The summed E-state index contributed by atoms with van der Waals surface area (Å²) in [4.78, 5) is 0. The Balaban J connectivity index is 2.04. The third-order valence-corrected chi connectivity index (χ3v) is 4.12. The van der Waals surface area contributed by atoms with E-state index in [9.17, 15) is 0 Å². The Labute approximate surface area is 93.4 Å². The molecule has 1 fully saturated rings. The molecule has 0 aliphatic heterocycles. The Morgan fingerprint density at radius 3 is 2.50 bits per heavy atom. The first-order valence-corrected chi connectivity index (χ1v) is 7.10. The number of hydrogen-bond donors (Lipinski definition) is 1. The van der Waals surface area contributed by atoms with E-state index < -0.39 is 0 Å². The summed E-state index contributed by atoms with van der Waals surface area (Å²) in [5, 5.41) is 3.67.